The summed E-state index contributed by atoms with van der Waals surface area (Å²) in [5.74, 6) is 1.19. The number of ether oxygens (including phenoxy) is 1. The van der Waals surface area contributed by atoms with Gasteiger partial charge < -0.3 is 14.6 Å². The molecule has 1 aromatic rings. The molecule has 1 aromatic heterocycles. The molecule has 6 nitrogen and oxygen atoms in total. The summed E-state index contributed by atoms with van der Waals surface area (Å²) in [6.07, 6.45) is 0. The van der Waals surface area contributed by atoms with Gasteiger partial charge in [-0.2, -0.15) is 0 Å². The zero-order chi connectivity index (χ0) is 12.8. The lowest BCUT2D eigenvalue weighted by molar-refractivity contribution is -0.144. The van der Waals surface area contributed by atoms with E-state index in [1.54, 1.807) is 14.0 Å². The van der Waals surface area contributed by atoms with E-state index in [-0.39, 0.29) is 12.0 Å². The number of aromatic nitrogens is 3. The minimum Gasteiger partial charge on any atom is -0.465 e. The maximum atomic E-state index is 11.5. The molecule has 96 valence electrons. The van der Waals surface area contributed by atoms with E-state index >= 15 is 0 Å². The van der Waals surface area contributed by atoms with Crippen molar-refractivity contribution in [3.05, 3.63) is 5.82 Å². The largest absolute Gasteiger partial charge is 0.465 e. The summed E-state index contributed by atoms with van der Waals surface area (Å²) >= 11 is 1.48. The number of carbonyl (C=O) groups is 1. The average Bonchev–Trinajstić information content (AvgIpc) is 2.62. The van der Waals surface area contributed by atoms with Gasteiger partial charge in [0.15, 0.2) is 5.16 Å². The van der Waals surface area contributed by atoms with Gasteiger partial charge in [0.1, 0.15) is 11.9 Å². The molecule has 1 atom stereocenters. The Kier molecular flexibility index (Phi) is 5.43. The first-order valence-electron chi connectivity index (χ1n) is 5.42. The van der Waals surface area contributed by atoms with Crippen molar-refractivity contribution < 1.29 is 9.53 Å². The highest BCUT2D eigenvalue weighted by Gasteiger charge is 2.19. The second-order valence-corrected chi connectivity index (χ2v) is 4.48. The molecule has 0 amide bonds. The minimum absolute atomic E-state index is 0.235. The van der Waals surface area contributed by atoms with Crippen LogP contribution in [0.1, 0.15) is 12.7 Å². The lowest BCUT2D eigenvalue weighted by atomic mass is 10.3. The van der Waals surface area contributed by atoms with Crippen LogP contribution in [0.3, 0.4) is 0 Å². The topological polar surface area (TPSA) is 69.0 Å². The molecular formula is C10H18N4O2S. The number of rotatable bonds is 6. The number of carbonyl (C=O) groups excluding carboxylic acids is 1. The van der Waals surface area contributed by atoms with Gasteiger partial charge >= 0.3 is 5.97 Å². The number of aryl methyl sites for hydroxylation is 1. The zero-order valence-corrected chi connectivity index (χ0v) is 11.4. The summed E-state index contributed by atoms with van der Waals surface area (Å²) in [5, 5.41) is 11.7. The third-order valence-corrected chi connectivity index (χ3v) is 3.46. The maximum absolute atomic E-state index is 11.5. The van der Waals surface area contributed by atoms with Crippen LogP contribution in [0.4, 0.5) is 0 Å². The van der Waals surface area contributed by atoms with Gasteiger partial charge in [-0.05, 0) is 20.9 Å². The average molecular weight is 258 g/mol. The van der Waals surface area contributed by atoms with E-state index in [9.17, 15) is 4.79 Å². The first kappa shape index (κ1) is 14.0. The van der Waals surface area contributed by atoms with Crippen LogP contribution in [-0.2, 0) is 16.6 Å². The van der Waals surface area contributed by atoms with Crippen molar-refractivity contribution in [2.24, 2.45) is 7.05 Å². The number of thioether (sulfide) groups is 1. The van der Waals surface area contributed by atoms with E-state index in [0.29, 0.717) is 12.4 Å². The van der Waals surface area contributed by atoms with Crippen molar-refractivity contribution in [3.63, 3.8) is 0 Å². The summed E-state index contributed by atoms with van der Waals surface area (Å²) in [7, 11) is 3.64. The minimum atomic E-state index is -0.322. The Morgan fingerprint density at radius 3 is 2.76 bits per heavy atom. The van der Waals surface area contributed by atoms with Crippen molar-refractivity contribution in [1.29, 1.82) is 0 Å². The quantitative estimate of drug-likeness (QED) is 0.587. The van der Waals surface area contributed by atoms with Gasteiger partial charge in [0.25, 0.3) is 0 Å². The molecule has 0 aliphatic heterocycles. The smallest absolute Gasteiger partial charge is 0.323 e. The molecular weight excluding hydrogens is 240 g/mol. The lowest BCUT2D eigenvalue weighted by Crippen LogP contribution is -2.37. The fraction of sp³-hybridized carbons (Fsp3) is 0.700. The van der Waals surface area contributed by atoms with Gasteiger partial charge in [0.05, 0.1) is 6.61 Å². The van der Waals surface area contributed by atoms with Crippen molar-refractivity contribution >= 4 is 17.7 Å². The van der Waals surface area contributed by atoms with E-state index in [2.05, 4.69) is 15.5 Å². The normalized spacial score (nSPS) is 12.5. The van der Waals surface area contributed by atoms with Crippen molar-refractivity contribution in [2.45, 2.75) is 25.0 Å². The first-order chi connectivity index (χ1) is 8.10. The number of hydrogen-bond acceptors (Lipinski definition) is 6. The molecule has 1 N–H and O–H groups in total. The maximum Gasteiger partial charge on any atom is 0.323 e. The second kappa shape index (κ2) is 6.61. The van der Waals surface area contributed by atoms with E-state index in [4.69, 9.17) is 4.74 Å². The molecule has 0 radical (unpaired) electrons. The molecule has 17 heavy (non-hydrogen) atoms. The molecule has 1 rings (SSSR count). The molecule has 0 saturated carbocycles. The van der Waals surface area contributed by atoms with Crippen LogP contribution >= 0.6 is 11.8 Å². The number of hydrogen-bond donors (Lipinski definition) is 1. The number of nitrogens with zero attached hydrogens (tertiary/aromatic N) is 3. The zero-order valence-electron chi connectivity index (χ0n) is 10.6. The number of likely N-dealkylation sites (N-methyl/N-ethyl adjacent to an activating group) is 1. The van der Waals surface area contributed by atoms with Gasteiger partial charge in [-0.15, -0.1) is 10.2 Å². The third-order valence-electron chi connectivity index (χ3n) is 2.35. The third kappa shape index (κ3) is 3.71. The van der Waals surface area contributed by atoms with Crippen molar-refractivity contribution in [1.82, 2.24) is 20.1 Å². The predicted octanol–water partition coefficient (Wildman–Crippen LogP) is 0.367. The van der Waals surface area contributed by atoms with Gasteiger partial charge in [-0.1, -0.05) is 11.8 Å². The molecule has 7 heteroatoms. The Balaban J connectivity index is 2.53. The Hall–Kier alpha value is -1.08. The van der Waals surface area contributed by atoms with E-state index in [1.807, 2.05) is 18.5 Å². The Bertz CT molecular complexity index is 380. The summed E-state index contributed by atoms with van der Waals surface area (Å²) in [6, 6.07) is -0.322. The van der Waals surface area contributed by atoms with E-state index < -0.39 is 0 Å². The molecule has 1 unspecified atom stereocenters. The number of nitrogens with one attached hydrogen (secondary N) is 1. The summed E-state index contributed by atoms with van der Waals surface area (Å²) in [6.45, 7) is 4.08. The lowest BCUT2D eigenvalue weighted by Gasteiger charge is -2.13. The highest BCUT2D eigenvalue weighted by molar-refractivity contribution is 7.99. The van der Waals surface area contributed by atoms with E-state index in [1.165, 1.54) is 11.8 Å². The molecule has 0 aliphatic rings. The van der Waals surface area contributed by atoms with Gasteiger partial charge in [0.2, 0.25) is 0 Å². The van der Waals surface area contributed by atoms with Crippen LogP contribution in [0.15, 0.2) is 5.16 Å². The highest BCUT2D eigenvalue weighted by atomic mass is 32.2. The molecule has 0 spiro atoms. The molecule has 0 aliphatic carbocycles. The monoisotopic (exact) mass is 258 g/mol. The Morgan fingerprint density at radius 1 is 1.59 bits per heavy atom. The van der Waals surface area contributed by atoms with Gasteiger partial charge in [-0.3, -0.25) is 4.79 Å². The van der Waals surface area contributed by atoms with Gasteiger partial charge in [-0.25, -0.2) is 0 Å². The van der Waals surface area contributed by atoms with Crippen LogP contribution in [0.25, 0.3) is 0 Å². The fourth-order valence-electron chi connectivity index (χ4n) is 1.18. The summed E-state index contributed by atoms with van der Waals surface area (Å²) < 4.78 is 6.85. The van der Waals surface area contributed by atoms with Crippen LogP contribution < -0.4 is 5.32 Å². The fourth-order valence-corrected chi connectivity index (χ4v) is 2.23. The molecule has 0 aromatic carbocycles. The molecule has 0 saturated heterocycles. The first-order valence-corrected chi connectivity index (χ1v) is 6.41. The van der Waals surface area contributed by atoms with E-state index in [0.717, 1.165) is 11.0 Å². The number of esters is 1. The SMILES string of the molecule is CCOC(=O)C(CSc1nnc(C)n1C)NC. The molecule has 1 heterocycles. The highest BCUT2D eigenvalue weighted by Crippen LogP contribution is 2.16. The second-order valence-electron chi connectivity index (χ2n) is 3.49. The van der Waals surface area contributed by atoms with Crippen molar-refractivity contribution in [3.8, 4) is 0 Å². The molecule has 0 fully saturated rings. The van der Waals surface area contributed by atoms with Crippen LogP contribution in [0.2, 0.25) is 0 Å². The van der Waals surface area contributed by atoms with Crippen LogP contribution in [0.5, 0.6) is 0 Å². The Labute approximate surface area is 105 Å². The van der Waals surface area contributed by atoms with Crippen LogP contribution in [0, 0.1) is 6.92 Å². The summed E-state index contributed by atoms with van der Waals surface area (Å²) in [5.41, 5.74) is 0. The van der Waals surface area contributed by atoms with Gasteiger partial charge in [0, 0.05) is 12.8 Å². The summed E-state index contributed by atoms with van der Waals surface area (Å²) in [4.78, 5) is 11.5. The predicted molar refractivity (Wildman–Crippen MR) is 65.9 cm³/mol. The van der Waals surface area contributed by atoms with Crippen molar-refractivity contribution in [2.75, 3.05) is 19.4 Å². The Morgan fingerprint density at radius 2 is 2.29 bits per heavy atom. The standard InChI is InChI=1S/C10H18N4O2S/c1-5-16-9(15)8(11-3)6-17-10-13-12-7(2)14(10)4/h8,11H,5-6H2,1-4H3. The molecule has 0 bridgehead atoms. The van der Waals surface area contributed by atoms with Crippen LogP contribution in [-0.4, -0.2) is 46.2 Å².